The maximum atomic E-state index is 5.91. The maximum Gasteiger partial charge on any atom is 0.134 e. The lowest BCUT2D eigenvalue weighted by Crippen LogP contribution is -2.15. The molecule has 1 aromatic heterocycles. The molecule has 4 heteroatoms. The van der Waals surface area contributed by atoms with E-state index in [0.29, 0.717) is 11.6 Å². The van der Waals surface area contributed by atoms with Crippen molar-refractivity contribution in [2.24, 2.45) is 0 Å². The van der Waals surface area contributed by atoms with Crippen LogP contribution in [0.4, 0.5) is 5.82 Å². The van der Waals surface area contributed by atoms with Crippen LogP contribution >= 0.6 is 11.6 Å². The molecule has 1 rings (SSSR count). The van der Waals surface area contributed by atoms with E-state index < -0.39 is 0 Å². The minimum atomic E-state index is 0.186. The second kappa shape index (κ2) is 6.34. The largest absolute Gasteiger partial charge is 0.367 e. The molecule has 0 aliphatic rings. The number of hydrogen-bond donors (Lipinski definition) is 1. The van der Waals surface area contributed by atoms with Gasteiger partial charge in [0.25, 0.3) is 0 Å². The lowest BCUT2D eigenvalue weighted by atomic mass is 10.2. The first-order valence-electron chi connectivity index (χ1n) is 5.39. The van der Waals surface area contributed by atoms with E-state index in [0.717, 1.165) is 24.5 Å². The molecule has 1 unspecified atom stereocenters. The van der Waals surface area contributed by atoms with Crippen molar-refractivity contribution in [3.05, 3.63) is 17.0 Å². The molecule has 86 valence electrons. The number of anilines is 1. The van der Waals surface area contributed by atoms with Crippen molar-refractivity contribution in [2.75, 3.05) is 5.32 Å². The summed E-state index contributed by atoms with van der Waals surface area (Å²) in [4.78, 5) is 8.52. The fourth-order valence-corrected chi connectivity index (χ4v) is 1.56. The van der Waals surface area contributed by atoms with Crippen molar-refractivity contribution < 1.29 is 0 Å². The summed E-state index contributed by atoms with van der Waals surface area (Å²) in [5.41, 5.74) is 0. The fraction of sp³-hybridized carbons (Fsp3) is 0.500. The van der Waals surface area contributed by atoms with Gasteiger partial charge in [-0.15, -0.1) is 12.3 Å². The zero-order valence-corrected chi connectivity index (χ0v) is 10.4. The molecular formula is C12H16ClN3. The molecule has 0 aliphatic carbocycles. The van der Waals surface area contributed by atoms with Crippen LogP contribution in [0.15, 0.2) is 6.07 Å². The van der Waals surface area contributed by atoms with Gasteiger partial charge < -0.3 is 5.32 Å². The van der Waals surface area contributed by atoms with E-state index >= 15 is 0 Å². The van der Waals surface area contributed by atoms with Gasteiger partial charge in [-0.2, -0.15) is 0 Å². The molecule has 1 atom stereocenters. The molecular weight excluding hydrogens is 222 g/mol. The van der Waals surface area contributed by atoms with E-state index in [1.54, 1.807) is 6.07 Å². The van der Waals surface area contributed by atoms with Gasteiger partial charge in [0, 0.05) is 24.9 Å². The number of aryl methyl sites for hydroxylation is 1. The van der Waals surface area contributed by atoms with Crippen LogP contribution in [0.25, 0.3) is 0 Å². The van der Waals surface area contributed by atoms with Gasteiger partial charge in [0.15, 0.2) is 0 Å². The molecule has 0 amide bonds. The van der Waals surface area contributed by atoms with Crippen LogP contribution in [0.2, 0.25) is 5.15 Å². The van der Waals surface area contributed by atoms with Gasteiger partial charge in [-0.3, -0.25) is 0 Å². The number of nitrogens with one attached hydrogen (secondary N) is 1. The predicted molar refractivity (Wildman–Crippen MR) is 67.6 cm³/mol. The van der Waals surface area contributed by atoms with Gasteiger partial charge in [0.1, 0.15) is 16.8 Å². The third-order valence-electron chi connectivity index (χ3n) is 2.03. The Morgan fingerprint density at radius 1 is 1.56 bits per heavy atom. The Kier molecular flexibility index (Phi) is 5.07. The van der Waals surface area contributed by atoms with E-state index in [2.05, 4.69) is 28.1 Å². The molecule has 1 N–H and O–H groups in total. The zero-order chi connectivity index (χ0) is 12.0. The van der Waals surface area contributed by atoms with E-state index in [1.807, 2.05) is 6.92 Å². The Hall–Kier alpha value is -1.27. The van der Waals surface area contributed by atoms with Gasteiger partial charge in [0.2, 0.25) is 0 Å². The average Bonchev–Trinajstić information content (AvgIpc) is 2.17. The van der Waals surface area contributed by atoms with Gasteiger partial charge in [0.05, 0.1) is 0 Å². The van der Waals surface area contributed by atoms with Gasteiger partial charge in [-0.1, -0.05) is 18.5 Å². The predicted octanol–water partition coefficient (Wildman–Crippen LogP) is 2.91. The third kappa shape index (κ3) is 4.08. The van der Waals surface area contributed by atoms with Crippen LogP contribution in [0.3, 0.4) is 0 Å². The molecule has 0 fully saturated rings. The first-order valence-corrected chi connectivity index (χ1v) is 5.77. The standard InChI is InChI=1S/C12H16ClN3/c1-4-6-9(3)14-12-8-10(13)15-11(16-12)7-5-2/h1,8-9H,5-7H2,2-3H3,(H,14,15,16). The van der Waals surface area contributed by atoms with Crippen molar-refractivity contribution in [3.63, 3.8) is 0 Å². The van der Waals surface area contributed by atoms with Crippen LogP contribution in [0, 0.1) is 12.3 Å². The molecule has 0 saturated heterocycles. The summed E-state index contributed by atoms with van der Waals surface area (Å²) in [7, 11) is 0. The highest BCUT2D eigenvalue weighted by molar-refractivity contribution is 6.29. The Morgan fingerprint density at radius 3 is 2.94 bits per heavy atom. The summed E-state index contributed by atoms with van der Waals surface area (Å²) in [5, 5.41) is 3.67. The van der Waals surface area contributed by atoms with Crippen molar-refractivity contribution in [1.82, 2.24) is 9.97 Å². The summed E-state index contributed by atoms with van der Waals surface area (Å²) >= 11 is 5.91. The summed E-state index contributed by atoms with van der Waals surface area (Å²) in [6.45, 7) is 4.09. The Balaban J connectivity index is 2.76. The van der Waals surface area contributed by atoms with E-state index in [-0.39, 0.29) is 6.04 Å². The molecule has 1 aromatic rings. The number of hydrogen-bond acceptors (Lipinski definition) is 3. The number of aromatic nitrogens is 2. The van der Waals surface area contributed by atoms with Crippen molar-refractivity contribution in [1.29, 1.82) is 0 Å². The van der Waals surface area contributed by atoms with Gasteiger partial charge in [-0.25, -0.2) is 9.97 Å². The molecule has 0 radical (unpaired) electrons. The second-order valence-electron chi connectivity index (χ2n) is 3.70. The minimum absolute atomic E-state index is 0.186. The Bertz CT molecular complexity index is 384. The van der Waals surface area contributed by atoms with Gasteiger partial charge in [-0.05, 0) is 13.3 Å². The molecule has 0 bridgehead atoms. The highest BCUT2D eigenvalue weighted by Gasteiger charge is 2.05. The Labute approximate surface area is 102 Å². The van der Waals surface area contributed by atoms with Crippen molar-refractivity contribution >= 4 is 17.4 Å². The van der Waals surface area contributed by atoms with Gasteiger partial charge >= 0.3 is 0 Å². The Morgan fingerprint density at radius 2 is 2.31 bits per heavy atom. The van der Waals surface area contributed by atoms with Crippen molar-refractivity contribution in [3.8, 4) is 12.3 Å². The van der Waals surface area contributed by atoms with E-state index in [4.69, 9.17) is 18.0 Å². The highest BCUT2D eigenvalue weighted by Crippen LogP contribution is 2.13. The summed E-state index contributed by atoms with van der Waals surface area (Å²) < 4.78 is 0. The molecule has 3 nitrogen and oxygen atoms in total. The number of halogens is 1. The number of rotatable bonds is 5. The molecule has 0 spiro atoms. The number of terminal acetylenes is 1. The average molecular weight is 238 g/mol. The monoisotopic (exact) mass is 237 g/mol. The molecule has 0 aliphatic heterocycles. The van der Waals surface area contributed by atoms with Crippen LogP contribution in [-0.4, -0.2) is 16.0 Å². The molecule has 0 aromatic carbocycles. The second-order valence-corrected chi connectivity index (χ2v) is 4.08. The molecule has 16 heavy (non-hydrogen) atoms. The van der Waals surface area contributed by atoms with Crippen LogP contribution in [-0.2, 0) is 6.42 Å². The normalized spacial score (nSPS) is 11.9. The summed E-state index contributed by atoms with van der Waals surface area (Å²) in [6, 6.07) is 1.90. The van der Waals surface area contributed by atoms with Crippen LogP contribution < -0.4 is 5.32 Å². The minimum Gasteiger partial charge on any atom is -0.367 e. The smallest absolute Gasteiger partial charge is 0.134 e. The first kappa shape index (κ1) is 12.8. The van der Waals surface area contributed by atoms with E-state index in [9.17, 15) is 0 Å². The molecule has 0 saturated carbocycles. The lowest BCUT2D eigenvalue weighted by Gasteiger charge is -2.12. The van der Waals surface area contributed by atoms with E-state index in [1.165, 1.54) is 0 Å². The highest BCUT2D eigenvalue weighted by atomic mass is 35.5. The van der Waals surface area contributed by atoms with Crippen molar-refractivity contribution in [2.45, 2.75) is 39.2 Å². The SMILES string of the molecule is C#CCC(C)Nc1cc(Cl)nc(CCC)n1. The zero-order valence-electron chi connectivity index (χ0n) is 9.63. The summed E-state index contributed by atoms with van der Waals surface area (Å²) in [5.74, 6) is 4.11. The summed E-state index contributed by atoms with van der Waals surface area (Å²) in [6.07, 6.45) is 7.73. The van der Waals surface area contributed by atoms with Crippen LogP contribution in [0.1, 0.15) is 32.5 Å². The van der Waals surface area contributed by atoms with Crippen LogP contribution in [0.5, 0.6) is 0 Å². The molecule has 1 heterocycles. The lowest BCUT2D eigenvalue weighted by molar-refractivity contribution is 0.799. The fourth-order valence-electron chi connectivity index (χ4n) is 1.35. The third-order valence-corrected chi connectivity index (χ3v) is 2.23. The topological polar surface area (TPSA) is 37.8 Å². The first-order chi connectivity index (χ1) is 7.65. The maximum absolute atomic E-state index is 5.91. The number of nitrogens with zero attached hydrogens (tertiary/aromatic N) is 2. The quantitative estimate of drug-likeness (QED) is 0.632.